The van der Waals surface area contributed by atoms with Gasteiger partial charge in [0.1, 0.15) is 17.2 Å². The Hall–Kier alpha value is -0.570. The van der Waals surface area contributed by atoms with Crippen molar-refractivity contribution in [3.8, 4) is 0 Å². The first-order chi connectivity index (χ1) is 9.67. The van der Waals surface area contributed by atoms with Crippen LogP contribution < -0.4 is 0 Å². The Labute approximate surface area is 136 Å². The summed E-state index contributed by atoms with van der Waals surface area (Å²) in [4.78, 5) is 4.19. The van der Waals surface area contributed by atoms with Gasteiger partial charge in [0.05, 0.1) is 20.0 Å². The van der Waals surface area contributed by atoms with Crippen molar-refractivity contribution in [2.75, 3.05) is 0 Å². The van der Waals surface area contributed by atoms with Crippen molar-refractivity contribution < 1.29 is 17.6 Å². The van der Waals surface area contributed by atoms with Crippen LogP contribution >= 0.6 is 34.2 Å². The first-order valence-corrected chi connectivity index (χ1v) is 7.77. The first kappa shape index (κ1) is 15.3. The summed E-state index contributed by atoms with van der Waals surface area (Å²) in [5, 5.41) is -0.696. The molecule has 0 saturated heterocycles. The van der Waals surface area contributed by atoms with Crippen molar-refractivity contribution in [1.29, 1.82) is 0 Å². The average molecular weight is 433 g/mol. The molecule has 1 atom stereocenters. The molecule has 1 aromatic heterocycles. The highest BCUT2D eigenvalue weighted by Crippen LogP contribution is 2.57. The van der Waals surface area contributed by atoms with E-state index in [9.17, 15) is 17.6 Å². The Morgan fingerprint density at radius 2 is 2.00 bits per heavy atom. The van der Waals surface area contributed by atoms with Gasteiger partial charge in [-0.1, -0.05) is 0 Å². The minimum Gasteiger partial charge on any atom is -0.311 e. The van der Waals surface area contributed by atoms with Crippen LogP contribution in [0.15, 0.2) is 12.1 Å². The van der Waals surface area contributed by atoms with Gasteiger partial charge in [0.2, 0.25) is 0 Å². The summed E-state index contributed by atoms with van der Waals surface area (Å²) >= 11 is 7.78. The van der Waals surface area contributed by atoms with Crippen LogP contribution in [0.25, 0.3) is 11.0 Å². The minimum absolute atomic E-state index is 0.0355. The summed E-state index contributed by atoms with van der Waals surface area (Å²) in [7, 11) is 0. The van der Waals surface area contributed by atoms with E-state index in [-0.39, 0.29) is 24.2 Å². The molecule has 0 bridgehead atoms. The number of nitrogens with zero attached hydrogens (tertiary/aromatic N) is 2. The third-order valence-corrected chi connectivity index (χ3v) is 4.78. The molecule has 1 aliphatic rings. The first-order valence-electron chi connectivity index (χ1n) is 6.26. The van der Waals surface area contributed by atoms with Crippen molar-refractivity contribution in [1.82, 2.24) is 9.55 Å². The lowest BCUT2D eigenvalue weighted by Crippen LogP contribution is -2.36. The molecule has 0 amide bonds. The van der Waals surface area contributed by atoms with Crippen LogP contribution in [0.1, 0.15) is 31.0 Å². The van der Waals surface area contributed by atoms with E-state index in [4.69, 9.17) is 11.6 Å². The second-order valence-corrected chi connectivity index (χ2v) is 7.02. The third-order valence-electron chi connectivity index (χ3n) is 3.76. The van der Waals surface area contributed by atoms with Crippen molar-refractivity contribution >= 4 is 45.2 Å². The monoisotopic (exact) mass is 432 g/mol. The molecule has 2 nitrogen and oxygen atoms in total. The highest BCUT2D eigenvalue weighted by atomic mass is 127. The van der Waals surface area contributed by atoms with Crippen LogP contribution in [-0.2, 0) is 5.54 Å². The van der Waals surface area contributed by atoms with Gasteiger partial charge >= 0.3 is 6.18 Å². The summed E-state index contributed by atoms with van der Waals surface area (Å²) in [5.41, 5.74) is -1.52. The van der Waals surface area contributed by atoms with Gasteiger partial charge in [-0.05, 0) is 48.4 Å². The highest BCUT2D eigenvalue weighted by Gasteiger charge is 2.66. The molecule has 0 aliphatic heterocycles. The van der Waals surface area contributed by atoms with Crippen molar-refractivity contribution in [2.45, 2.75) is 36.9 Å². The van der Waals surface area contributed by atoms with Gasteiger partial charge in [0, 0.05) is 6.07 Å². The molecule has 1 aliphatic carbocycles. The smallest absolute Gasteiger partial charge is 0.311 e. The average Bonchev–Trinajstić information content (AvgIpc) is 3.08. The van der Waals surface area contributed by atoms with Gasteiger partial charge in [0.15, 0.2) is 0 Å². The molecule has 1 unspecified atom stereocenters. The van der Waals surface area contributed by atoms with E-state index >= 15 is 0 Å². The normalized spacial score (nSPS) is 19.0. The van der Waals surface area contributed by atoms with Gasteiger partial charge in [-0.25, -0.2) is 9.37 Å². The van der Waals surface area contributed by atoms with Gasteiger partial charge in [0.25, 0.3) is 0 Å². The molecule has 0 radical (unpaired) electrons. The minimum atomic E-state index is -4.42. The lowest BCUT2D eigenvalue weighted by molar-refractivity contribution is -0.179. The number of imidazole rings is 1. The molecular formula is C13H10ClF4IN2. The zero-order chi connectivity index (χ0) is 15.6. The Morgan fingerprint density at radius 3 is 2.48 bits per heavy atom. The van der Waals surface area contributed by atoms with E-state index < -0.39 is 22.9 Å². The molecule has 1 heterocycles. The fourth-order valence-electron chi connectivity index (χ4n) is 2.56. The van der Waals surface area contributed by atoms with Crippen LogP contribution in [-0.4, -0.2) is 15.7 Å². The number of hydrogen-bond donors (Lipinski definition) is 0. The van der Waals surface area contributed by atoms with Gasteiger partial charge in [-0.3, -0.25) is 0 Å². The molecule has 3 rings (SSSR count). The quantitative estimate of drug-likeness (QED) is 0.365. The molecular weight excluding hydrogens is 423 g/mol. The molecule has 1 aromatic carbocycles. The van der Waals surface area contributed by atoms with Gasteiger partial charge < -0.3 is 4.57 Å². The van der Waals surface area contributed by atoms with E-state index in [1.54, 1.807) is 29.5 Å². The maximum atomic E-state index is 13.8. The molecule has 114 valence electrons. The fraction of sp³-hybridized carbons (Fsp3) is 0.462. The van der Waals surface area contributed by atoms with Crippen molar-refractivity contribution in [3.05, 3.63) is 27.3 Å². The Morgan fingerprint density at radius 1 is 1.38 bits per heavy atom. The highest BCUT2D eigenvalue weighted by molar-refractivity contribution is 14.1. The predicted molar refractivity (Wildman–Crippen MR) is 79.9 cm³/mol. The topological polar surface area (TPSA) is 17.8 Å². The number of aromatic nitrogens is 2. The summed E-state index contributed by atoms with van der Waals surface area (Å²) in [6.07, 6.45) is -4.49. The van der Waals surface area contributed by atoms with Crippen LogP contribution in [0, 0.1) is 9.39 Å². The number of rotatable bonds is 2. The van der Waals surface area contributed by atoms with Crippen LogP contribution in [0.3, 0.4) is 0 Å². The van der Waals surface area contributed by atoms with E-state index in [1.165, 1.54) is 6.07 Å². The van der Waals surface area contributed by atoms with Crippen LogP contribution in [0.4, 0.5) is 17.6 Å². The number of alkyl halides is 4. The zero-order valence-electron chi connectivity index (χ0n) is 10.8. The summed E-state index contributed by atoms with van der Waals surface area (Å²) in [6, 6.07) is 2.55. The Balaban J connectivity index is 2.35. The molecule has 2 aromatic rings. The lowest BCUT2D eigenvalue weighted by atomic mass is 10.2. The molecule has 8 heteroatoms. The Kier molecular flexibility index (Phi) is 3.44. The Bertz CT molecular complexity index is 719. The van der Waals surface area contributed by atoms with Gasteiger partial charge in [-0.2, -0.15) is 13.2 Å². The number of fused-ring (bicyclic) bond motifs is 1. The number of benzene rings is 1. The molecule has 1 fully saturated rings. The second-order valence-electron chi connectivity index (χ2n) is 5.21. The van der Waals surface area contributed by atoms with E-state index in [1.807, 2.05) is 0 Å². The summed E-state index contributed by atoms with van der Waals surface area (Å²) < 4.78 is 55.4. The maximum Gasteiger partial charge on any atom is 0.412 e. The van der Waals surface area contributed by atoms with E-state index in [0.717, 1.165) is 10.6 Å². The largest absolute Gasteiger partial charge is 0.412 e. The summed E-state index contributed by atoms with van der Waals surface area (Å²) in [6.45, 7) is 1.56. The fourth-order valence-corrected chi connectivity index (χ4v) is 3.16. The zero-order valence-corrected chi connectivity index (χ0v) is 13.7. The molecule has 0 N–H and O–H groups in total. The molecule has 0 spiro atoms. The van der Waals surface area contributed by atoms with Gasteiger partial charge in [-0.15, -0.1) is 11.6 Å². The van der Waals surface area contributed by atoms with E-state index in [0.29, 0.717) is 9.09 Å². The lowest BCUT2D eigenvalue weighted by Gasteiger charge is -2.24. The SMILES string of the molecule is CC(Cl)c1nc2cc(I)c(F)cc2n1C1(C(F)(F)F)CC1. The van der Waals surface area contributed by atoms with Crippen molar-refractivity contribution in [3.63, 3.8) is 0 Å². The van der Waals surface area contributed by atoms with E-state index in [2.05, 4.69) is 4.98 Å². The number of hydrogen-bond acceptors (Lipinski definition) is 1. The van der Waals surface area contributed by atoms with Crippen LogP contribution in [0.2, 0.25) is 0 Å². The standard InChI is InChI=1S/C13H10ClF4IN2/c1-6(14)11-20-9-5-8(19)7(15)4-10(9)21(11)12(2-3-12)13(16,17)18/h4-6H,2-3H2,1H3. The summed E-state index contributed by atoms with van der Waals surface area (Å²) in [5.74, 6) is -0.432. The van der Waals surface area contributed by atoms with Crippen molar-refractivity contribution in [2.24, 2.45) is 0 Å². The third kappa shape index (κ3) is 2.23. The molecule has 21 heavy (non-hydrogen) atoms. The predicted octanol–water partition coefficient (Wildman–Crippen LogP) is 5.13. The molecule has 1 saturated carbocycles. The maximum absolute atomic E-state index is 13.8. The number of halogens is 6. The second kappa shape index (κ2) is 4.71. The van der Waals surface area contributed by atoms with Crippen LogP contribution in [0.5, 0.6) is 0 Å².